The van der Waals surface area contributed by atoms with Crippen LogP contribution in [0.5, 0.6) is 0 Å². The fourth-order valence-corrected chi connectivity index (χ4v) is 1.41. The van der Waals surface area contributed by atoms with Crippen LogP contribution in [0.3, 0.4) is 0 Å². The molecule has 3 atom stereocenters. The van der Waals surface area contributed by atoms with Crippen molar-refractivity contribution in [2.45, 2.75) is 31.5 Å². The molecule has 3 rings (SSSR count). The second-order valence-electron chi connectivity index (χ2n) is 3.19. The molecule has 0 aromatic heterocycles. The molecule has 0 N–H and O–H groups in total. The van der Waals surface area contributed by atoms with Crippen LogP contribution in [0, 0.1) is 0 Å². The summed E-state index contributed by atoms with van der Waals surface area (Å²) in [6.45, 7) is 0.584. The highest BCUT2D eigenvalue weighted by Crippen LogP contribution is 2.36. The van der Waals surface area contributed by atoms with Crippen LogP contribution >= 0.6 is 0 Å². The van der Waals surface area contributed by atoms with E-state index in [2.05, 4.69) is 0 Å². The lowest BCUT2D eigenvalue weighted by Gasteiger charge is -2.21. The van der Waals surface area contributed by atoms with E-state index in [1.807, 2.05) is 0 Å². The molecule has 12 heavy (non-hydrogen) atoms. The molecule has 3 heterocycles. The zero-order valence-corrected chi connectivity index (χ0v) is 6.43. The van der Waals surface area contributed by atoms with Crippen molar-refractivity contribution in [2.75, 3.05) is 6.61 Å². The highest BCUT2D eigenvalue weighted by Gasteiger charge is 2.52. The summed E-state index contributed by atoms with van der Waals surface area (Å²) in [6.07, 6.45) is 1.22. The lowest BCUT2D eigenvalue weighted by molar-refractivity contribution is -0.219. The van der Waals surface area contributed by atoms with Crippen LogP contribution in [0.4, 0.5) is 0 Å². The average Bonchev–Trinajstić information content (AvgIpc) is 2.88. The third-order valence-electron chi connectivity index (χ3n) is 2.21. The van der Waals surface area contributed by atoms with Gasteiger partial charge in [-0.3, -0.25) is 4.79 Å². The van der Waals surface area contributed by atoms with E-state index in [4.69, 9.17) is 14.3 Å². The Balaban J connectivity index is 1.68. The number of carbonyl (C=O) groups is 1. The van der Waals surface area contributed by atoms with Crippen molar-refractivity contribution >= 4 is 5.91 Å². The topological polar surface area (TPSA) is 54.6 Å². The predicted molar refractivity (Wildman–Crippen MR) is 35.6 cm³/mol. The van der Waals surface area contributed by atoms with E-state index in [9.17, 15) is 4.79 Å². The summed E-state index contributed by atoms with van der Waals surface area (Å²) in [5.41, 5.74) is 0. The van der Waals surface area contributed by atoms with Crippen molar-refractivity contribution in [1.82, 2.24) is 5.06 Å². The molecule has 5 nitrogen and oxygen atoms in total. The molecular weight excluding hydrogens is 162 g/mol. The maximum atomic E-state index is 11.3. The smallest absolute Gasteiger partial charge is 0.248 e. The summed E-state index contributed by atoms with van der Waals surface area (Å²) in [6, 6.07) is 0. The van der Waals surface area contributed by atoms with Gasteiger partial charge in [0.25, 0.3) is 0 Å². The summed E-state index contributed by atoms with van der Waals surface area (Å²) in [5.74, 6) is 0.00394. The van der Waals surface area contributed by atoms with Gasteiger partial charge in [-0.1, -0.05) is 0 Å². The van der Waals surface area contributed by atoms with Gasteiger partial charge in [-0.25, -0.2) is 4.84 Å². The van der Waals surface area contributed by atoms with Gasteiger partial charge in [0.1, 0.15) is 12.7 Å². The number of rotatable bonds is 2. The summed E-state index contributed by atoms with van der Waals surface area (Å²) in [7, 11) is 0. The second kappa shape index (κ2) is 2.18. The Hall–Kier alpha value is -0.650. The molecule has 0 radical (unpaired) electrons. The molecule has 3 aliphatic heterocycles. The van der Waals surface area contributed by atoms with Crippen molar-refractivity contribution in [3.05, 3.63) is 0 Å². The molecule has 0 aliphatic carbocycles. The summed E-state index contributed by atoms with van der Waals surface area (Å²) < 4.78 is 10.1. The van der Waals surface area contributed by atoms with Gasteiger partial charge in [-0.2, -0.15) is 5.06 Å². The van der Waals surface area contributed by atoms with E-state index in [0.29, 0.717) is 13.0 Å². The Bertz CT molecular complexity index is 227. The first-order valence-electron chi connectivity index (χ1n) is 4.10. The van der Waals surface area contributed by atoms with Crippen LogP contribution in [-0.2, 0) is 19.1 Å². The van der Waals surface area contributed by atoms with Crippen molar-refractivity contribution in [1.29, 1.82) is 0 Å². The van der Waals surface area contributed by atoms with Gasteiger partial charge in [-0.05, 0) is 6.42 Å². The lowest BCUT2D eigenvalue weighted by Crippen LogP contribution is -2.38. The number of carbonyl (C=O) groups excluding carboxylic acids is 1. The normalized spacial score (nSPS) is 44.2. The fourth-order valence-electron chi connectivity index (χ4n) is 1.41. The molecule has 0 spiro atoms. The third-order valence-corrected chi connectivity index (χ3v) is 2.21. The minimum Gasteiger partial charge on any atom is -0.345 e. The molecular formula is C7H9NO4. The van der Waals surface area contributed by atoms with Crippen LogP contribution < -0.4 is 0 Å². The molecule has 0 aromatic carbocycles. The summed E-state index contributed by atoms with van der Waals surface area (Å²) in [5, 5.41) is 1.33. The second-order valence-corrected chi connectivity index (χ2v) is 3.19. The number of epoxide rings is 2. The summed E-state index contributed by atoms with van der Waals surface area (Å²) in [4.78, 5) is 16.5. The number of hydroxylamine groups is 2. The van der Waals surface area contributed by atoms with Crippen LogP contribution in [0.2, 0.25) is 0 Å². The van der Waals surface area contributed by atoms with Gasteiger partial charge in [0.15, 0.2) is 6.23 Å². The van der Waals surface area contributed by atoms with Crippen molar-refractivity contribution in [3.8, 4) is 0 Å². The molecule has 1 amide bonds. The van der Waals surface area contributed by atoms with Gasteiger partial charge in [0.05, 0.1) is 0 Å². The molecule has 3 unspecified atom stereocenters. The van der Waals surface area contributed by atoms with Crippen molar-refractivity contribution < 1.29 is 19.1 Å². The lowest BCUT2D eigenvalue weighted by atomic mass is 10.1. The van der Waals surface area contributed by atoms with Crippen LogP contribution in [0.15, 0.2) is 0 Å². The molecule has 5 heteroatoms. The van der Waals surface area contributed by atoms with E-state index in [1.54, 1.807) is 0 Å². The number of amides is 1. The molecule has 0 saturated carbocycles. The molecule has 0 aromatic rings. The monoisotopic (exact) mass is 171 g/mol. The zero-order chi connectivity index (χ0) is 8.13. The maximum absolute atomic E-state index is 11.3. The zero-order valence-electron chi connectivity index (χ0n) is 6.43. The number of ether oxygens (including phenoxy) is 2. The molecule has 3 fully saturated rings. The fraction of sp³-hybridized carbons (Fsp3) is 0.857. The Morgan fingerprint density at radius 1 is 1.58 bits per heavy atom. The van der Waals surface area contributed by atoms with E-state index >= 15 is 0 Å². The predicted octanol–water partition coefficient (Wildman–Crippen LogP) is -0.378. The molecule has 0 bridgehead atoms. The number of hydrogen-bond donors (Lipinski definition) is 0. The Kier molecular flexibility index (Phi) is 1.24. The largest absolute Gasteiger partial charge is 0.345 e. The van der Waals surface area contributed by atoms with Crippen LogP contribution in [0.1, 0.15) is 12.8 Å². The summed E-state index contributed by atoms with van der Waals surface area (Å²) >= 11 is 0. The number of fused-ring (bicyclic) bond motifs is 1. The van der Waals surface area contributed by atoms with Crippen molar-refractivity contribution in [2.24, 2.45) is 0 Å². The average molecular weight is 171 g/mol. The Morgan fingerprint density at radius 2 is 2.42 bits per heavy atom. The minimum absolute atomic E-state index is 0.00394. The van der Waals surface area contributed by atoms with Crippen LogP contribution in [0.25, 0.3) is 0 Å². The highest BCUT2D eigenvalue weighted by molar-refractivity contribution is 5.76. The first kappa shape index (κ1) is 6.82. The first-order valence-corrected chi connectivity index (χ1v) is 4.10. The van der Waals surface area contributed by atoms with Crippen LogP contribution in [-0.4, -0.2) is 36.2 Å². The van der Waals surface area contributed by atoms with Gasteiger partial charge in [-0.15, -0.1) is 0 Å². The maximum Gasteiger partial charge on any atom is 0.248 e. The van der Waals surface area contributed by atoms with Crippen molar-refractivity contribution in [3.63, 3.8) is 0 Å². The number of piperidine rings is 1. The standard InChI is InChI=1S/C7H9NO4/c9-5-2-1-4-7(11-4)8(5)12-6-3-10-6/h4,6-7H,1-3H2. The molecule has 3 aliphatic rings. The van der Waals surface area contributed by atoms with E-state index in [0.717, 1.165) is 6.42 Å². The van der Waals surface area contributed by atoms with E-state index < -0.39 is 0 Å². The highest BCUT2D eigenvalue weighted by atomic mass is 16.9. The third kappa shape index (κ3) is 1.01. The number of nitrogens with zero attached hydrogens (tertiary/aromatic N) is 1. The van der Waals surface area contributed by atoms with Gasteiger partial charge >= 0.3 is 0 Å². The van der Waals surface area contributed by atoms with Gasteiger partial charge < -0.3 is 9.47 Å². The van der Waals surface area contributed by atoms with Gasteiger partial charge in [0, 0.05) is 6.42 Å². The Labute approximate surface area is 69.1 Å². The minimum atomic E-state index is -0.211. The Morgan fingerprint density at radius 3 is 3.17 bits per heavy atom. The number of hydrogen-bond acceptors (Lipinski definition) is 4. The quantitative estimate of drug-likeness (QED) is 0.531. The molecule has 66 valence electrons. The SMILES string of the molecule is O=C1CCC2OC2N1OC1CO1. The molecule has 3 saturated heterocycles. The van der Waals surface area contributed by atoms with E-state index in [1.165, 1.54) is 5.06 Å². The van der Waals surface area contributed by atoms with Gasteiger partial charge in [0.2, 0.25) is 12.2 Å². The first-order chi connectivity index (χ1) is 5.84. The van der Waals surface area contributed by atoms with E-state index in [-0.39, 0.29) is 24.5 Å².